The first-order chi connectivity index (χ1) is 10.0. The Morgan fingerprint density at radius 3 is 2.76 bits per heavy atom. The molecule has 2 rings (SSSR count). The number of anilines is 1. The van der Waals surface area contributed by atoms with E-state index < -0.39 is 11.6 Å². The summed E-state index contributed by atoms with van der Waals surface area (Å²) in [6, 6.07) is 3.18. The summed E-state index contributed by atoms with van der Waals surface area (Å²) >= 11 is 6.67. The first-order valence-electron chi connectivity index (χ1n) is 5.65. The van der Waals surface area contributed by atoms with Gasteiger partial charge in [0, 0.05) is 22.3 Å². The van der Waals surface area contributed by atoms with E-state index in [4.69, 9.17) is 4.74 Å². The Bertz CT molecular complexity index is 695. The Labute approximate surface area is 136 Å². The molecule has 0 atom stereocenters. The number of pyridine rings is 1. The third-order valence-electron chi connectivity index (χ3n) is 2.48. The fourth-order valence-electron chi connectivity index (χ4n) is 1.47. The molecule has 0 saturated carbocycles. The van der Waals surface area contributed by atoms with E-state index in [0.29, 0.717) is 20.4 Å². The quantitative estimate of drug-likeness (QED) is 0.591. The van der Waals surface area contributed by atoms with Crippen molar-refractivity contribution in [3.63, 3.8) is 0 Å². The highest BCUT2D eigenvalue weighted by Gasteiger charge is 2.10. The molecule has 0 spiro atoms. The number of hydrazone groups is 1. The zero-order valence-electron chi connectivity index (χ0n) is 10.7. The molecule has 0 bridgehead atoms. The number of nitrogens with one attached hydrogen (secondary N) is 1. The van der Waals surface area contributed by atoms with Gasteiger partial charge >= 0.3 is 0 Å². The summed E-state index contributed by atoms with van der Waals surface area (Å²) in [6.45, 7) is 0. The minimum atomic E-state index is -0.724. The fourth-order valence-corrected chi connectivity index (χ4v) is 2.72. The van der Waals surface area contributed by atoms with Gasteiger partial charge in [-0.25, -0.2) is 13.8 Å². The van der Waals surface area contributed by atoms with Gasteiger partial charge in [0.1, 0.15) is 5.82 Å². The summed E-state index contributed by atoms with van der Waals surface area (Å²) in [5, 5.41) is 3.92. The number of rotatable bonds is 4. The van der Waals surface area contributed by atoms with Crippen molar-refractivity contribution < 1.29 is 13.5 Å². The topological polar surface area (TPSA) is 46.5 Å². The van der Waals surface area contributed by atoms with E-state index in [1.807, 2.05) is 0 Å². The van der Waals surface area contributed by atoms with Gasteiger partial charge in [-0.2, -0.15) is 5.10 Å². The maximum absolute atomic E-state index is 13.4. The first kappa shape index (κ1) is 15.8. The third-order valence-corrected chi connectivity index (χ3v) is 3.88. The molecule has 1 aromatic carbocycles. The van der Waals surface area contributed by atoms with Crippen LogP contribution < -0.4 is 10.2 Å². The Morgan fingerprint density at radius 2 is 2.10 bits per heavy atom. The standard InChI is InChI=1S/C13H9Br2F2N3O/c1-21-13-12(15)8(9(14)6-18-13)5-19-20-11-3-2-7(16)4-10(11)17/h2-6,20H,1H3. The van der Waals surface area contributed by atoms with Crippen LogP contribution in [-0.2, 0) is 0 Å². The number of benzene rings is 1. The summed E-state index contributed by atoms with van der Waals surface area (Å²) < 4.78 is 32.6. The SMILES string of the molecule is COc1ncc(Br)c(C=NNc2ccc(F)cc2F)c1Br. The van der Waals surface area contributed by atoms with Crippen molar-refractivity contribution in [2.75, 3.05) is 12.5 Å². The van der Waals surface area contributed by atoms with E-state index in [1.165, 1.54) is 19.4 Å². The third kappa shape index (κ3) is 3.76. The zero-order valence-corrected chi connectivity index (χ0v) is 13.9. The van der Waals surface area contributed by atoms with Crippen LogP contribution in [0.1, 0.15) is 5.56 Å². The number of ether oxygens (including phenoxy) is 1. The number of methoxy groups -OCH3 is 1. The van der Waals surface area contributed by atoms with E-state index >= 15 is 0 Å². The van der Waals surface area contributed by atoms with Crippen LogP contribution in [0.25, 0.3) is 0 Å². The highest BCUT2D eigenvalue weighted by molar-refractivity contribution is 9.11. The second-order valence-corrected chi connectivity index (χ2v) is 5.48. The van der Waals surface area contributed by atoms with Crippen LogP contribution in [0.4, 0.5) is 14.5 Å². The van der Waals surface area contributed by atoms with Gasteiger partial charge in [-0.15, -0.1) is 0 Å². The number of hydrogen-bond acceptors (Lipinski definition) is 4. The van der Waals surface area contributed by atoms with Crippen molar-refractivity contribution in [3.8, 4) is 5.88 Å². The van der Waals surface area contributed by atoms with Gasteiger partial charge in [0.15, 0.2) is 5.82 Å². The van der Waals surface area contributed by atoms with Crippen LogP contribution in [0.3, 0.4) is 0 Å². The molecule has 0 aliphatic rings. The second kappa shape index (κ2) is 6.95. The molecule has 8 heteroatoms. The Kier molecular flexibility index (Phi) is 5.24. The molecule has 1 N–H and O–H groups in total. The monoisotopic (exact) mass is 419 g/mol. The maximum Gasteiger partial charge on any atom is 0.228 e. The highest BCUT2D eigenvalue weighted by Crippen LogP contribution is 2.30. The molecule has 0 aliphatic heterocycles. The van der Waals surface area contributed by atoms with Crippen LogP contribution >= 0.6 is 31.9 Å². The Balaban J connectivity index is 2.22. The lowest BCUT2D eigenvalue weighted by molar-refractivity contribution is 0.395. The molecule has 110 valence electrons. The molecule has 1 heterocycles. The summed E-state index contributed by atoms with van der Waals surface area (Å²) in [6.07, 6.45) is 3.02. The van der Waals surface area contributed by atoms with Gasteiger partial charge < -0.3 is 4.74 Å². The predicted octanol–water partition coefficient (Wildman–Crippen LogP) is 4.34. The minimum absolute atomic E-state index is 0.0703. The van der Waals surface area contributed by atoms with Gasteiger partial charge in [0.25, 0.3) is 0 Å². The summed E-state index contributed by atoms with van der Waals surface area (Å²) in [5.74, 6) is -0.975. The van der Waals surface area contributed by atoms with E-state index in [9.17, 15) is 8.78 Å². The lowest BCUT2D eigenvalue weighted by atomic mass is 10.3. The average Bonchev–Trinajstić information content (AvgIpc) is 2.44. The maximum atomic E-state index is 13.4. The Morgan fingerprint density at radius 1 is 1.33 bits per heavy atom. The van der Waals surface area contributed by atoms with Crippen LogP contribution in [0.15, 0.2) is 38.4 Å². The predicted molar refractivity (Wildman–Crippen MR) is 83.8 cm³/mol. The van der Waals surface area contributed by atoms with Crippen molar-refractivity contribution in [2.24, 2.45) is 5.10 Å². The molecule has 2 aromatic rings. The number of hydrogen-bond donors (Lipinski definition) is 1. The molecule has 4 nitrogen and oxygen atoms in total. The van der Waals surface area contributed by atoms with Crippen LogP contribution in [0.5, 0.6) is 5.88 Å². The lowest BCUT2D eigenvalue weighted by Crippen LogP contribution is -1.98. The molecular weight excluding hydrogens is 412 g/mol. The van der Waals surface area contributed by atoms with E-state index in [2.05, 4.69) is 47.4 Å². The average molecular weight is 421 g/mol. The van der Waals surface area contributed by atoms with Crippen molar-refractivity contribution in [2.45, 2.75) is 0 Å². The van der Waals surface area contributed by atoms with E-state index in [0.717, 1.165) is 12.1 Å². The minimum Gasteiger partial charge on any atom is -0.480 e. The zero-order chi connectivity index (χ0) is 15.4. The van der Waals surface area contributed by atoms with Gasteiger partial charge in [-0.3, -0.25) is 5.43 Å². The molecule has 21 heavy (non-hydrogen) atoms. The van der Waals surface area contributed by atoms with Crippen molar-refractivity contribution in [1.82, 2.24) is 4.98 Å². The van der Waals surface area contributed by atoms with Crippen LogP contribution in [0.2, 0.25) is 0 Å². The summed E-state index contributed by atoms with van der Waals surface area (Å²) in [5.41, 5.74) is 3.24. The largest absolute Gasteiger partial charge is 0.480 e. The van der Waals surface area contributed by atoms with Gasteiger partial charge in [-0.1, -0.05) is 0 Å². The Hall–Kier alpha value is -1.54. The van der Waals surface area contributed by atoms with Gasteiger partial charge in [-0.05, 0) is 44.0 Å². The van der Waals surface area contributed by atoms with Crippen molar-refractivity contribution in [3.05, 3.63) is 50.5 Å². The fraction of sp³-hybridized carbons (Fsp3) is 0.0769. The smallest absolute Gasteiger partial charge is 0.228 e. The molecule has 0 unspecified atom stereocenters. The number of nitrogens with zero attached hydrogens (tertiary/aromatic N) is 2. The molecule has 0 saturated heterocycles. The van der Waals surface area contributed by atoms with Crippen LogP contribution in [0, 0.1) is 11.6 Å². The number of halogens is 4. The molecule has 1 aromatic heterocycles. The molecule has 0 amide bonds. The van der Waals surface area contributed by atoms with Crippen molar-refractivity contribution in [1.29, 1.82) is 0 Å². The van der Waals surface area contributed by atoms with Gasteiger partial charge in [0.05, 0.1) is 23.5 Å². The van der Waals surface area contributed by atoms with Gasteiger partial charge in [0.2, 0.25) is 5.88 Å². The summed E-state index contributed by atoms with van der Waals surface area (Å²) in [7, 11) is 1.49. The highest BCUT2D eigenvalue weighted by atomic mass is 79.9. The molecule has 0 radical (unpaired) electrons. The lowest BCUT2D eigenvalue weighted by Gasteiger charge is -2.07. The van der Waals surface area contributed by atoms with Crippen LogP contribution in [-0.4, -0.2) is 18.3 Å². The normalized spacial score (nSPS) is 10.9. The second-order valence-electron chi connectivity index (χ2n) is 3.84. The molecule has 0 aliphatic carbocycles. The summed E-state index contributed by atoms with van der Waals surface area (Å²) in [4.78, 5) is 4.05. The van der Waals surface area contributed by atoms with E-state index in [-0.39, 0.29) is 5.69 Å². The van der Waals surface area contributed by atoms with E-state index in [1.54, 1.807) is 6.20 Å². The number of aromatic nitrogens is 1. The first-order valence-corrected chi connectivity index (χ1v) is 7.23. The van der Waals surface area contributed by atoms with Crippen molar-refractivity contribution >= 4 is 43.8 Å². The molecular formula is C13H9Br2F2N3O. The molecule has 0 fully saturated rings.